The highest BCUT2D eigenvalue weighted by molar-refractivity contribution is 6.32. The topological polar surface area (TPSA) is 50.4 Å². The number of halogens is 3. The van der Waals surface area contributed by atoms with Crippen LogP contribution in [0.15, 0.2) is 36.4 Å². The number of amides is 1. The smallest absolute Gasteiger partial charge is 0.243 e. The fourth-order valence-corrected chi connectivity index (χ4v) is 2.00. The van der Waals surface area contributed by atoms with Gasteiger partial charge in [-0.05, 0) is 30.3 Å². The van der Waals surface area contributed by atoms with Gasteiger partial charge in [0.2, 0.25) is 5.91 Å². The summed E-state index contributed by atoms with van der Waals surface area (Å²) < 4.78 is 30.8. The third kappa shape index (κ3) is 4.08. The van der Waals surface area contributed by atoms with Crippen LogP contribution < -0.4 is 15.4 Å². The summed E-state index contributed by atoms with van der Waals surface area (Å²) in [4.78, 5) is 11.7. The van der Waals surface area contributed by atoms with Gasteiger partial charge in [0.1, 0.15) is 5.75 Å². The van der Waals surface area contributed by atoms with Gasteiger partial charge in [-0.25, -0.2) is 8.78 Å². The molecular weight excluding hydrogens is 314 g/mol. The van der Waals surface area contributed by atoms with Crippen molar-refractivity contribution >= 4 is 28.9 Å². The van der Waals surface area contributed by atoms with Crippen LogP contribution in [0.25, 0.3) is 0 Å². The number of anilines is 2. The third-order valence-corrected chi connectivity index (χ3v) is 3.10. The normalized spacial score (nSPS) is 10.2. The molecule has 0 unspecified atom stereocenters. The van der Waals surface area contributed by atoms with E-state index in [1.54, 1.807) is 18.2 Å². The van der Waals surface area contributed by atoms with E-state index in [1.165, 1.54) is 13.2 Å². The summed E-state index contributed by atoms with van der Waals surface area (Å²) in [6, 6.07) is 8.12. The second-order valence-corrected chi connectivity index (χ2v) is 4.79. The maximum absolute atomic E-state index is 13.0. The Morgan fingerprint density at radius 3 is 2.50 bits per heavy atom. The molecule has 0 heterocycles. The van der Waals surface area contributed by atoms with Crippen LogP contribution in [0.2, 0.25) is 5.02 Å². The first kappa shape index (κ1) is 16.0. The maximum Gasteiger partial charge on any atom is 0.243 e. The Bertz CT molecular complexity index is 695. The number of methoxy groups -OCH3 is 1. The maximum atomic E-state index is 13.0. The molecule has 1 amide bonds. The summed E-state index contributed by atoms with van der Waals surface area (Å²) in [7, 11) is 1.50. The molecule has 0 radical (unpaired) electrons. The Kier molecular flexibility index (Phi) is 5.16. The molecule has 0 atom stereocenters. The monoisotopic (exact) mass is 326 g/mol. The highest BCUT2D eigenvalue weighted by Gasteiger charge is 2.07. The number of carbonyl (C=O) groups is 1. The number of carbonyl (C=O) groups excluding carboxylic acids is 1. The fraction of sp³-hybridized carbons (Fsp3) is 0.133. The highest BCUT2D eigenvalue weighted by atomic mass is 35.5. The van der Waals surface area contributed by atoms with Gasteiger partial charge in [0.15, 0.2) is 11.6 Å². The molecule has 0 aromatic heterocycles. The Morgan fingerprint density at radius 1 is 1.14 bits per heavy atom. The molecule has 4 nitrogen and oxygen atoms in total. The van der Waals surface area contributed by atoms with E-state index in [9.17, 15) is 13.6 Å². The van der Waals surface area contributed by atoms with Crippen LogP contribution in [0, 0.1) is 11.6 Å². The molecule has 0 aliphatic rings. The molecule has 2 N–H and O–H groups in total. The summed E-state index contributed by atoms with van der Waals surface area (Å²) in [6.07, 6.45) is 0. The number of hydrogen-bond donors (Lipinski definition) is 2. The molecule has 0 spiro atoms. The quantitative estimate of drug-likeness (QED) is 0.881. The lowest BCUT2D eigenvalue weighted by Crippen LogP contribution is -2.21. The van der Waals surface area contributed by atoms with Crippen LogP contribution >= 0.6 is 11.6 Å². The van der Waals surface area contributed by atoms with Crippen LogP contribution in [0.3, 0.4) is 0 Å². The molecule has 22 heavy (non-hydrogen) atoms. The minimum absolute atomic E-state index is 0.0539. The SMILES string of the molecule is COc1ccc(NCC(=O)Nc2ccc(F)c(F)c2)cc1Cl. The van der Waals surface area contributed by atoms with Gasteiger partial charge >= 0.3 is 0 Å². The molecule has 0 aliphatic heterocycles. The number of rotatable bonds is 5. The van der Waals surface area contributed by atoms with Crippen molar-refractivity contribution in [3.05, 3.63) is 53.1 Å². The summed E-state index contributed by atoms with van der Waals surface area (Å²) in [5, 5.41) is 5.73. The van der Waals surface area contributed by atoms with Crippen molar-refractivity contribution in [2.45, 2.75) is 0 Å². The molecule has 2 aromatic rings. The molecular formula is C15H13ClF2N2O2. The molecule has 0 bridgehead atoms. The summed E-state index contributed by atoms with van der Waals surface area (Å²) in [5.41, 5.74) is 0.810. The molecule has 0 saturated carbocycles. The Morgan fingerprint density at radius 2 is 1.86 bits per heavy atom. The zero-order valence-electron chi connectivity index (χ0n) is 11.6. The lowest BCUT2D eigenvalue weighted by atomic mass is 10.3. The van der Waals surface area contributed by atoms with Crippen LogP contribution in [0.5, 0.6) is 5.75 Å². The van der Waals surface area contributed by atoms with Crippen LogP contribution in [0.4, 0.5) is 20.2 Å². The standard InChI is InChI=1S/C15H13ClF2N2O2/c1-22-14-5-3-9(6-11(14)16)19-8-15(21)20-10-2-4-12(17)13(18)7-10/h2-7,19H,8H2,1H3,(H,20,21). The van der Waals surface area contributed by atoms with Crippen molar-refractivity contribution in [3.8, 4) is 5.75 Å². The van der Waals surface area contributed by atoms with E-state index in [1.807, 2.05) is 0 Å². The van der Waals surface area contributed by atoms with Gasteiger partial charge in [-0.3, -0.25) is 4.79 Å². The third-order valence-electron chi connectivity index (χ3n) is 2.81. The van der Waals surface area contributed by atoms with E-state index in [4.69, 9.17) is 16.3 Å². The summed E-state index contributed by atoms with van der Waals surface area (Å²) in [5.74, 6) is -1.87. The second kappa shape index (κ2) is 7.09. The lowest BCUT2D eigenvalue weighted by Gasteiger charge is -2.09. The first-order chi connectivity index (χ1) is 10.5. The molecule has 2 rings (SSSR count). The average molecular weight is 327 g/mol. The zero-order chi connectivity index (χ0) is 16.1. The van der Waals surface area contributed by atoms with Crippen LogP contribution in [-0.4, -0.2) is 19.6 Å². The Balaban J connectivity index is 1.92. The van der Waals surface area contributed by atoms with Gasteiger partial charge in [0.05, 0.1) is 18.7 Å². The van der Waals surface area contributed by atoms with Crippen molar-refractivity contribution < 1.29 is 18.3 Å². The first-order valence-electron chi connectivity index (χ1n) is 6.32. The molecule has 0 fully saturated rings. The van der Waals surface area contributed by atoms with Crippen LogP contribution in [-0.2, 0) is 4.79 Å². The van der Waals surface area contributed by atoms with Gasteiger partial charge in [-0.15, -0.1) is 0 Å². The minimum atomic E-state index is -1.02. The van der Waals surface area contributed by atoms with E-state index in [0.717, 1.165) is 12.1 Å². The first-order valence-corrected chi connectivity index (χ1v) is 6.69. The molecule has 7 heteroatoms. The molecule has 116 valence electrons. The zero-order valence-corrected chi connectivity index (χ0v) is 12.4. The van der Waals surface area contributed by atoms with Crippen molar-refractivity contribution in [1.82, 2.24) is 0 Å². The van der Waals surface area contributed by atoms with Crippen molar-refractivity contribution in [1.29, 1.82) is 0 Å². The largest absolute Gasteiger partial charge is 0.495 e. The molecule has 0 saturated heterocycles. The summed E-state index contributed by atoms with van der Waals surface area (Å²) >= 11 is 5.96. The van der Waals surface area contributed by atoms with E-state index in [2.05, 4.69) is 10.6 Å². The molecule has 0 aliphatic carbocycles. The van der Waals surface area contributed by atoms with E-state index in [0.29, 0.717) is 16.5 Å². The number of ether oxygens (including phenoxy) is 1. The van der Waals surface area contributed by atoms with Gasteiger partial charge in [0.25, 0.3) is 0 Å². The van der Waals surface area contributed by atoms with Gasteiger partial charge in [-0.2, -0.15) is 0 Å². The Hall–Kier alpha value is -2.34. The van der Waals surface area contributed by atoms with Gasteiger partial charge in [-0.1, -0.05) is 11.6 Å². The number of benzene rings is 2. The number of nitrogens with one attached hydrogen (secondary N) is 2. The van der Waals surface area contributed by atoms with Crippen molar-refractivity contribution in [2.75, 3.05) is 24.3 Å². The van der Waals surface area contributed by atoms with E-state index >= 15 is 0 Å². The van der Waals surface area contributed by atoms with Crippen molar-refractivity contribution in [2.24, 2.45) is 0 Å². The van der Waals surface area contributed by atoms with Gasteiger partial charge in [0, 0.05) is 17.4 Å². The van der Waals surface area contributed by atoms with Gasteiger partial charge < -0.3 is 15.4 Å². The predicted molar refractivity (Wildman–Crippen MR) is 81.5 cm³/mol. The van der Waals surface area contributed by atoms with Crippen molar-refractivity contribution in [3.63, 3.8) is 0 Å². The fourth-order valence-electron chi connectivity index (χ4n) is 1.74. The minimum Gasteiger partial charge on any atom is -0.495 e. The van der Waals surface area contributed by atoms with Crippen LogP contribution in [0.1, 0.15) is 0 Å². The predicted octanol–water partition coefficient (Wildman–Crippen LogP) is 3.68. The highest BCUT2D eigenvalue weighted by Crippen LogP contribution is 2.27. The Labute approximate surface area is 131 Å². The molecule has 2 aromatic carbocycles. The number of hydrogen-bond acceptors (Lipinski definition) is 3. The van der Waals surface area contributed by atoms with E-state index in [-0.39, 0.29) is 12.2 Å². The summed E-state index contributed by atoms with van der Waals surface area (Å²) in [6.45, 7) is -0.0539. The average Bonchev–Trinajstić information content (AvgIpc) is 2.49. The second-order valence-electron chi connectivity index (χ2n) is 4.38. The van der Waals surface area contributed by atoms with E-state index < -0.39 is 17.5 Å². The lowest BCUT2D eigenvalue weighted by molar-refractivity contribution is -0.114.